The molecule has 1 aliphatic rings. The first-order valence-electron chi connectivity index (χ1n) is 9.82. The number of anilines is 2. The van der Waals surface area contributed by atoms with Gasteiger partial charge >= 0.3 is 6.03 Å². The number of fused-ring (bicyclic) bond motifs is 1. The van der Waals surface area contributed by atoms with Crippen molar-refractivity contribution in [2.75, 3.05) is 10.2 Å². The number of benzene rings is 3. The Labute approximate surface area is 180 Å². The van der Waals surface area contributed by atoms with Crippen molar-refractivity contribution in [1.82, 2.24) is 5.32 Å². The standard InChI is InChI=1S/C24H22ClN3O2/c1-16-13-19-8-7-17(15-26-24(30)27-21-11-9-20(25)10-12-21)14-22(19)28(16)23(29)18-5-3-2-4-6-18/h2-12,14,16H,13,15H2,1H3,(H2,26,27,30). The first kappa shape index (κ1) is 20.0. The van der Waals surface area contributed by atoms with E-state index in [4.69, 9.17) is 11.6 Å². The van der Waals surface area contributed by atoms with Crippen molar-refractivity contribution >= 4 is 34.9 Å². The van der Waals surface area contributed by atoms with E-state index in [9.17, 15) is 9.59 Å². The van der Waals surface area contributed by atoms with E-state index in [1.54, 1.807) is 24.3 Å². The van der Waals surface area contributed by atoms with Crippen LogP contribution in [0.5, 0.6) is 0 Å². The number of urea groups is 1. The third kappa shape index (κ3) is 4.31. The molecule has 1 unspecified atom stereocenters. The molecule has 6 heteroatoms. The number of carbonyl (C=O) groups excluding carboxylic acids is 2. The Hall–Kier alpha value is -3.31. The summed E-state index contributed by atoms with van der Waals surface area (Å²) in [4.78, 5) is 27.1. The SMILES string of the molecule is CC1Cc2ccc(CNC(=O)Nc3ccc(Cl)cc3)cc2N1C(=O)c1ccccc1. The molecule has 152 valence electrons. The number of amides is 3. The van der Waals surface area contributed by atoms with E-state index in [0.717, 1.165) is 23.2 Å². The molecule has 0 aromatic heterocycles. The Bertz CT molecular complexity index is 1070. The Kier molecular flexibility index (Phi) is 5.72. The largest absolute Gasteiger partial charge is 0.334 e. The summed E-state index contributed by atoms with van der Waals surface area (Å²) in [5, 5.41) is 6.24. The average molecular weight is 420 g/mol. The van der Waals surface area contributed by atoms with Gasteiger partial charge in [-0.25, -0.2) is 4.79 Å². The van der Waals surface area contributed by atoms with Crippen LogP contribution in [0, 0.1) is 0 Å². The molecule has 1 heterocycles. The fourth-order valence-corrected chi connectivity index (χ4v) is 3.81. The van der Waals surface area contributed by atoms with Crippen molar-refractivity contribution in [2.45, 2.75) is 25.9 Å². The highest BCUT2D eigenvalue weighted by atomic mass is 35.5. The predicted octanol–water partition coefficient (Wildman–Crippen LogP) is 5.25. The fourth-order valence-electron chi connectivity index (χ4n) is 3.68. The number of hydrogen-bond donors (Lipinski definition) is 2. The van der Waals surface area contributed by atoms with E-state index in [1.807, 2.05) is 53.4 Å². The molecule has 0 spiro atoms. The first-order chi connectivity index (χ1) is 14.5. The molecule has 0 saturated carbocycles. The van der Waals surface area contributed by atoms with Gasteiger partial charge in [-0.1, -0.05) is 41.9 Å². The van der Waals surface area contributed by atoms with Gasteiger partial charge in [-0.15, -0.1) is 0 Å². The molecular weight excluding hydrogens is 398 g/mol. The lowest BCUT2D eigenvalue weighted by molar-refractivity contribution is 0.0981. The van der Waals surface area contributed by atoms with Crippen molar-refractivity contribution in [3.63, 3.8) is 0 Å². The van der Waals surface area contributed by atoms with Gasteiger partial charge in [0, 0.05) is 34.5 Å². The highest BCUT2D eigenvalue weighted by molar-refractivity contribution is 6.30. The molecule has 0 radical (unpaired) electrons. The van der Waals surface area contributed by atoms with Crippen molar-refractivity contribution in [3.05, 3.63) is 94.5 Å². The number of halogens is 1. The van der Waals surface area contributed by atoms with Gasteiger partial charge in [-0.2, -0.15) is 0 Å². The molecule has 4 rings (SSSR count). The smallest absolute Gasteiger partial charge is 0.319 e. The fraction of sp³-hybridized carbons (Fsp3) is 0.167. The second-order valence-corrected chi connectivity index (χ2v) is 7.81. The Morgan fingerprint density at radius 1 is 1.03 bits per heavy atom. The van der Waals surface area contributed by atoms with Crippen LogP contribution in [-0.2, 0) is 13.0 Å². The maximum absolute atomic E-state index is 13.1. The van der Waals surface area contributed by atoms with Gasteiger partial charge in [-0.05, 0) is 66.9 Å². The minimum Gasteiger partial charge on any atom is -0.334 e. The summed E-state index contributed by atoms with van der Waals surface area (Å²) in [5.74, 6) is -0.00700. The minimum absolute atomic E-state index is 0.00700. The third-order valence-electron chi connectivity index (χ3n) is 5.16. The molecular formula is C24H22ClN3O2. The lowest BCUT2D eigenvalue weighted by Crippen LogP contribution is -2.35. The second-order valence-electron chi connectivity index (χ2n) is 7.37. The molecule has 0 aliphatic carbocycles. The number of nitrogens with zero attached hydrogens (tertiary/aromatic N) is 1. The highest BCUT2D eigenvalue weighted by Crippen LogP contribution is 2.34. The van der Waals surface area contributed by atoms with Crippen LogP contribution in [-0.4, -0.2) is 18.0 Å². The summed E-state index contributed by atoms with van der Waals surface area (Å²) in [5.41, 5.74) is 4.32. The maximum atomic E-state index is 13.1. The van der Waals surface area contributed by atoms with Gasteiger partial charge in [0.15, 0.2) is 0 Å². The molecule has 3 aromatic rings. The molecule has 0 bridgehead atoms. The number of carbonyl (C=O) groups is 2. The molecule has 2 N–H and O–H groups in total. The van der Waals surface area contributed by atoms with E-state index >= 15 is 0 Å². The number of nitrogens with one attached hydrogen (secondary N) is 2. The molecule has 0 fully saturated rings. The lowest BCUT2D eigenvalue weighted by Gasteiger charge is -2.23. The van der Waals surface area contributed by atoms with Gasteiger partial charge in [0.25, 0.3) is 5.91 Å². The molecule has 3 aromatic carbocycles. The summed E-state index contributed by atoms with van der Waals surface area (Å²) < 4.78 is 0. The van der Waals surface area contributed by atoms with Crippen LogP contribution in [0.2, 0.25) is 5.02 Å². The molecule has 1 atom stereocenters. The normalized spacial score (nSPS) is 14.9. The summed E-state index contributed by atoms with van der Waals surface area (Å²) in [6.45, 7) is 2.41. The van der Waals surface area contributed by atoms with Crippen LogP contribution >= 0.6 is 11.6 Å². The van der Waals surface area contributed by atoms with Crippen molar-refractivity contribution < 1.29 is 9.59 Å². The zero-order valence-corrected chi connectivity index (χ0v) is 17.3. The predicted molar refractivity (Wildman–Crippen MR) is 120 cm³/mol. The molecule has 1 aliphatic heterocycles. The van der Waals surface area contributed by atoms with E-state index in [1.165, 1.54) is 0 Å². The van der Waals surface area contributed by atoms with Gasteiger partial charge in [0.1, 0.15) is 0 Å². The summed E-state index contributed by atoms with van der Waals surface area (Å²) >= 11 is 5.86. The Balaban J connectivity index is 1.45. The molecule has 0 saturated heterocycles. The first-order valence-corrected chi connectivity index (χ1v) is 10.2. The van der Waals surface area contributed by atoms with Crippen LogP contribution in [0.1, 0.15) is 28.4 Å². The summed E-state index contributed by atoms with van der Waals surface area (Å²) in [7, 11) is 0. The highest BCUT2D eigenvalue weighted by Gasteiger charge is 2.31. The van der Waals surface area contributed by atoms with Crippen LogP contribution in [0.25, 0.3) is 0 Å². The third-order valence-corrected chi connectivity index (χ3v) is 5.41. The van der Waals surface area contributed by atoms with Crippen molar-refractivity contribution in [1.29, 1.82) is 0 Å². The van der Waals surface area contributed by atoms with Gasteiger partial charge < -0.3 is 15.5 Å². The Morgan fingerprint density at radius 2 is 1.77 bits per heavy atom. The average Bonchev–Trinajstić information content (AvgIpc) is 3.09. The molecule has 5 nitrogen and oxygen atoms in total. The van der Waals surface area contributed by atoms with E-state index in [0.29, 0.717) is 22.8 Å². The van der Waals surface area contributed by atoms with E-state index < -0.39 is 0 Å². The number of hydrogen-bond acceptors (Lipinski definition) is 2. The van der Waals surface area contributed by atoms with Crippen LogP contribution < -0.4 is 15.5 Å². The van der Waals surface area contributed by atoms with Gasteiger partial charge in [-0.3, -0.25) is 4.79 Å². The monoisotopic (exact) mass is 419 g/mol. The summed E-state index contributed by atoms with van der Waals surface area (Å²) in [6, 6.07) is 22.0. The maximum Gasteiger partial charge on any atom is 0.319 e. The number of rotatable bonds is 4. The molecule has 30 heavy (non-hydrogen) atoms. The van der Waals surface area contributed by atoms with Crippen LogP contribution in [0.15, 0.2) is 72.8 Å². The van der Waals surface area contributed by atoms with Gasteiger partial charge in [0.2, 0.25) is 0 Å². The van der Waals surface area contributed by atoms with Gasteiger partial charge in [0.05, 0.1) is 0 Å². The quantitative estimate of drug-likeness (QED) is 0.606. The van der Waals surface area contributed by atoms with E-state index in [-0.39, 0.29) is 18.0 Å². The van der Waals surface area contributed by atoms with Crippen molar-refractivity contribution in [2.24, 2.45) is 0 Å². The minimum atomic E-state index is -0.302. The lowest BCUT2D eigenvalue weighted by atomic mass is 10.1. The zero-order valence-electron chi connectivity index (χ0n) is 16.6. The zero-order chi connectivity index (χ0) is 21.1. The topological polar surface area (TPSA) is 61.4 Å². The van der Waals surface area contributed by atoms with Crippen LogP contribution in [0.4, 0.5) is 16.2 Å². The Morgan fingerprint density at radius 3 is 2.50 bits per heavy atom. The van der Waals surface area contributed by atoms with Crippen LogP contribution in [0.3, 0.4) is 0 Å². The second kappa shape index (κ2) is 8.59. The van der Waals surface area contributed by atoms with Crippen molar-refractivity contribution in [3.8, 4) is 0 Å². The molecule has 3 amide bonds. The van der Waals surface area contributed by atoms with E-state index in [2.05, 4.69) is 17.6 Å². The summed E-state index contributed by atoms with van der Waals surface area (Å²) in [6.07, 6.45) is 0.818.